The van der Waals surface area contributed by atoms with Crippen LogP contribution in [0.25, 0.3) is 0 Å². The van der Waals surface area contributed by atoms with Gasteiger partial charge in [0.15, 0.2) is 0 Å². The van der Waals surface area contributed by atoms with E-state index in [-0.39, 0.29) is 6.04 Å². The molecule has 0 fully saturated rings. The maximum absolute atomic E-state index is 5.80. The van der Waals surface area contributed by atoms with Crippen molar-refractivity contribution in [1.29, 1.82) is 0 Å². The van der Waals surface area contributed by atoms with Crippen molar-refractivity contribution in [1.82, 2.24) is 0 Å². The number of nitrogens with zero attached hydrogens (tertiary/aromatic N) is 1. The van der Waals surface area contributed by atoms with Crippen LogP contribution in [-0.2, 0) is 0 Å². The van der Waals surface area contributed by atoms with Crippen LogP contribution in [0.15, 0.2) is 59.6 Å². The Morgan fingerprint density at radius 1 is 0.857 bits per heavy atom. The van der Waals surface area contributed by atoms with Crippen LogP contribution in [0.4, 0.5) is 0 Å². The van der Waals surface area contributed by atoms with E-state index >= 15 is 0 Å². The van der Waals surface area contributed by atoms with E-state index in [0.717, 1.165) is 11.5 Å². The van der Waals surface area contributed by atoms with Gasteiger partial charge in [0.05, 0.1) is 6.04 Å². The Balaban J connectivity index is 2.07. The Labute approximate surface area is 127 Å². The fraction of sp³-hybridized carbons (Fsp3) is 0.316. The van der Waals surface area contributed by atoms with Gasteiger partial charge < -0.3 is 4.74 Å². The maximum Gasteiger partial charge on any atom is 0.127 e. The third-order valence-corrected chi connectivity index (χ3v) is 3.57. The average Bonchev–Trinajstić information content (AvgIpc) is 2.48. The van der Waals surface area contributed by atoms with Gasteiger partial charge in [-0.3, -0.25) is 4.99 Å². The van der Waals surface area contributed by atoms with Gasteiger partial charge in [0.2, 0.25) is 0 Å². The number of ether oxygens (including phenoxy) is 1. The molecule has 0 bridgehead atoms. The smallest absolute Gasteiger partial charge is 0.127 e. The zero-order chi connectivity index (χ0) is 15.2. The number of benzene rings is 2. The normalized spacial score (nSPS) is 13.3. The zero-order valence-electron chi connectivity index (χ0n) is 13.2. The lowest BCUT2D eigenvalue weighted by atomic mass is 10.1. The first-order chi connectivity index (χ1) is 10.1. The fourth-order valence-corrected chi connectivity index (χ4v) is 1.97. The molecule has 0 saturated carbocycles. The maximum atomic E-state index is 5.80. The van der Waals surface area contributed by atoms with Crippen molar-refractivity contribution < 1.29 is 4.74 Å². The molecule has 0 radical (unpaired) electrons. The highest BCUT2D eigenvalue weighted by molar-refractivity contribution is 5.83. The first-order valence-corrected chi connectivity index (χ1v) is 7.43. The molecule has 0 spiro atoms. The number of hydrogen-bond donors (Lipinski definition) is 0. The van der Waals surface area contributed by atoms with Crippen molar-refractivity contribution in [3.05, 3.63) is 60.2 Å². The van der Waals surface area contributed by atoms with Crippen LogP contribution in [0.1, 0.15) is 39.3 Å². The number of hydrogen-bond acceptors (Lipinski definition) is 2. The van der Waals surface area contributed by atoms with Crippen LogP contribution >= 0.6 is 0 Å². The van der Waals surface area contributed by atoms with E-state index in [0.29, 0.717) is 5.92 Å². The van der Waals surface area contributed by atoms with E-state index in [4.69, 9.17) is 9.73 Å². The highest BCUT2D eigenvalue weighted by atomic mass is 16.5. The molecule has 1 unspecified atom stereocenters. The molecule has 110 valence electrons. The standard InChI is InChI=1S/C19H23NO/c1-14(2)15(3)20-16(4)17-10-12-19(13-11-17)21-18-8-6-5-7-9-18/h5-14,16H,1-4H3. The molecule has 2 nitrogen and oxygen atoms in total. The highest BCUT2D eigenvalue weighted by Crippen LogP contribution is 2.24. The Morgan fingerprint density at radius 3 is 2.00 bits per heavy atom. The summed E-state index contributed by atoms with van der Waals surface area (Å²) in [6.45, 7) is 8.55. The van der Waals surface area contributed by atoms with Crippen LogP contribution in [0.3, 0.4) is 0 Å². The molecule has 21 heavy (non-hydrogen) atoms. The molecule has 0 saturated heterocycles. The summed E-state index contributed by atoms with van der Waals surface area (Å²) in [5, 5.41) is 0. The molecule has 0 aliphatic carbocycles. The van der Waals surface area contributed by atoms with E-state index in [2.05, 4.69) is 39.8 Å². The summed E-state index contributed by atoms with van der Waals surface area (Å²) in [7, 11) is 0. The van der Waals surface area contributed by atoms with Gasteiger partial charge in [-0.1, -0.05) is 44.2 Å². The molecular formula is C19H23NO. The molecule has 2 aromatic rings. The molecule has 0 aromatic heterocycles. The summed E-state index contributed by atoms with van der Waals surface area (Å²) < 4.78 is 5.80. The van der Waals surface area contributed by atoms with E-state index in [1.54, 1.807) is 0 Å². The van der Waals surface area contributed by atoms with Crippen LogP contribution < -0.4 is 4.74 Å². The number of aliphatic imine (C=N–C) groups is 1. The quantitative estimate of drug-likeness (QED) is 0.648. The largest absolute Gasteiger partial charge is 0.457 e. The molecule has 0 amide bonds. The van der Waals surface area contributed by atoms with E-state index in [1.165, 1.54) is 11.3 Å². The molecule has 0 aliphatic heterocycles. The van der Waals surface area contributed by atoms with Gasteiger partial charge in [0.1, 0.15) is 11.5 Å². The minimum Gasteiger partial charge on any atom is -0.457 e. The lowest BCUT2D eigenvalue weighted by Crippen LogP contribution is -2.04. The predicted molar refractivity (Wildman–Crippen MR) is 89.3 cm³/mol. The molecule has 2 aromatic carbocycles. The molecule has 2 heteroatoms. The lowest BCUT2D eigenvalue weighted by Gasteiger charge is -2.12. The molecule has 2 rings (SSSR count). The first kappa shape index (κ1) is 15.3. The molecular weight excluding hydrogens is 258 g/mol. The van der Waals surface area contributed by atoms with Crippen molar-refractivity contribution >= 4 is 5.71 Å². The number of para-hydroxylation sites is 1. The van der Waals surface area contributed by atoms with Crippen molar-refractivity contribution in [2.45, 2.75) is 33.7 Å². The predicted octanol–water partition coefficient (Wildman–Crippen LogP) is 5.66. The van der Waals surface area contributed by atoms with Crippen molar-refractivity contribution in [2.75, 3.05) is 0 Å². The Hall–Kier alpha value is -2.09. The van der Waals surface area contributed by atoms with Crippen molar-refractivity contribution in [3.8, 4) is 11.5 Å². The van der Waals surface area contributed by atoms with Crippen LogP contribution in [-0.4, -0.2) is 5.71 Å². The van der Waals surface area contributed by atoms with Crippen LogP contribution in [0.5, 0.6) is 11.5 Å². The lowest BCUT2D eigenvalue weighted by molar-refractivity contribution is 0.482. The summed E-state index contributed by atoms with van der Waals surface area (Å²) in [5.41, 5.74) is 2.39. The highest BCUT2D eigenvalue weighted by Gasteiger charge is 2.06. The summed E-state index contributed by atoms with van der Waals surface area (Å²) in [4.78, 5) is 4.74. The second kappa shape index (κ2) is 7.07. The Morgan fingerprint density at radius 2 is 1.43 bits per heavy atom. The van der Waals surface area contributed by atoms with E-state index in [9.17, 15) is 0 Å². The van der Waals surface area contributed by atoms with Gasteiger partial charge in [0, 0.05) is 5.71 Å². The Kier molecular flexibility index (Phi) is 5.15. The minimum absolute atomic E-state index is 0.179. The second-order valence-corrected chi connectivity index (χ2v) is 5.59. The SMILES string of the molecule is CC(=NC(C)c1ccc(Oc2ccccc2)cc1)C(C)C. The van der Waals surface area contributed by atoms with Gasteiger partial charge in [0.25, 0.3) is 0 Å². The third kappa shape index (κ3) is 4.45. The molecule has 0 heterocycles. The average molecular weight is 281 g/mol. The summed E-state index contributed by atoms with van der Waals surface area (Å²) in [6, 6.07) is 18.2. The second-order valence-electron chi connectivity index (χ2n) is 5.59. The molecule has 1 atom stereocenters. The summed E-state index contributed by atoms with van der Waals surface area (Å²) in [5.74, 6) is 2.20. The fourth-order valence-electron chi connectivity index (χ4n) is 1.97. The minimum atomic E-state index is 0.179. The molecule has 0 aliphatic rings. The van der Waals surface area contributed by atoms with Crippen LogP contribution in [0.2, 0.25) is 0 Å². The first-order valence-electron chi connectivity index (χ1n) is 7.43. The van der Waals surface area contributed by atoms with Gasteiger partial charge >= 0.3 is 0 Å². The van der Waals surface area contributed by atoms with Gasteiger partial charge in [-0.15, -0.1) is 0 Å². The monoisotopic (exact) mass is 281 g/mol. The topological polar surface area (TPSA) is 21.6 Å². The number of rotatable bonds is 5. The van der Waals surface area contributed by atoms with Crippen molar-refractivity contribution in [2.24, 2.45) is 10.9 Å². The third-order valence-electron chi connectivity index (χ3n) is 3.57. The molecule has 0 N–H and O–H groups in total. The van der Waals surface area contributed by atoms with Crippen LogP contribution in [0, 0.1) is 5.92 Å². The zero-order valence-corrected chi connectivity index (χ0v) is 13.2. The van der Waals surface area contributed by atoms with Gasteiger partial charge in [-0.2, -0.15) is 0 Å². The summed E-state index contributed by atoms with van der Waals surface area (Å²) >= 11 is 0. The van der Waals surface area contributed by atoms with Gasteiger partial charge in [-0.05, 0) is 49.6 Å². The van der Waals surface area contributed by atoms with Crippen molar-refractivity contribution in [3.63, 3.8) is 0 Å². The summed E-state index contributed by atoms with van der Waals surface area (Å²) in [6.07, 6.45) is 0. The van der Waals surface area contributed by atoms with E-state index in [1.807, 2.05) is 42.5 Å². The van der Waals surface area contributed by atoms with Gasteiger partial charge in [-0.25, -0.2) is 0 Å². The van der Waals surface area contributed by atoms with E-state index < -0.39 is 0 Å². The Bertz CT molecular complexity index is 585.